The molecule has 0 radical (unpaired) electrons. The van der Waals surface area contributed by atoms with Gasteiger partial charge in [-0.1, -0.05) is 6.07 Å². The van der Waals surface area contributed by atoms with Crippen molar-refractivity contribution in [3.05, 3.63) is 35.1 Å². The highest BCUT2D eigenvalue weighted by molar-refractivity contribution is 5.94. The van der Waals surface area contributed by atoms with Crippen LogP contribution >= 0.6 is 0 Å². The van der Waals surface area contributed by atoms with E-state index in [1.807, 2.05) is 0 Å². The molecule has 0 spiro atoms. The number of carbonyl (C=O) groups excluding carboxylic acids is 1. The second-order valence-electron chi connectivity index (χ2n) is 5.38. The lowest BCUT2D eigenvalue weighted by Gasteiger charge is -2.37. The minimum Gasteiger partial charge on any atom is -0.336 e. The van der Waals surface area contributed by atoms with Gasteiger partial charge < -0.3 is 10.6 Å². The fraction of sp³-hybridized carbons (Fsp3) is 0.533. The molecule has 1 aliphatic rings. The number of halogens is 1. The quantitative estimate of drug-likeness (QED) is 0.905. The van der Waals surface area contributed by atoms with E-state index in [4.69, 9.17) is 5.73 Å². The monoisotopic (exact) mass is 279 g/mol. The average molecular weight is 279 g/mol. The lowest BCUT2D eigenvalue weighted by molar-refractivity contribution is 0.0588. The van der Waals surface area contributed by atoms with Crippen LogP contribution in [0.15, 0.2) is 18.2 Å². The van der Waals surface area contributed by atoms with E-state index < -0.39 is 0 Å². The minimum absolute atomic E-state index is 0.0936. The van der Waals surface area contributed by atoms with Crippen LogP contribution in [-0.4, -0.2) is 54.5 Å². The van der Waals surface area contributed by atoms with Gasteiger partial charge in [-0.2, -0.15) is 0 Å². The van der Waals surface area contributed by atoms with Crippen LogP contribution in [0.2, 0.25) is 0 Å². The third-order valence-corrected chi connectivity index (χ3v) is 3.98. The van der Waals surface area contributed by atoms with Crippen molar-refractivity contribution in [2.45, 2.75) is 19.9 Å². The van der Waals surface area contributed by atoms with E-state index in [-0.39, 0.29) is 11.7 Å². The summed E-state index contributed by atoms with van der Waals surface area (Å²) in [7, 11) is 0. The van der Waals surface area contributed by atoms with Crippen LogP contribution in [0.1, 0.15) is 22.8 Å². The van der Waals surface area contributed by atoms with Crippen LogP contribution in [0.4, 0.5) is 4.39 Å². The summed E-state index contributed by atoms with van der Waals surface area (Å²) in [5.74, 6) is -0.421. The molecule has 20 heavy (non-hydrogen) atoms. The van der Waals surface area contributed by atoms with Gasteiger partial charge in [-0.3, -0.25) is 9.69 Å². The van der Waals surface area contributed by atoms with E-state index in [1.165, 1.54) is 6.07 Å². The first-order chi connectivity index (χ1) is 9.52. The number of benzene rings is 1. The molecular formula is C15H22FN3O. The maximum atomic E-state index is 13.5. The Balaban J connectivity index is 1.99. The van der Waals surface area contributed by atoms with Gasteiger partial charge in [0.15, 0.2) is 0 Å². The number of carbonyl (C=O) groups is 1. The number of hydrogen-bond donors (Lipinski definition) is 1. The molecule has 1 aromatic rings. The van der Waals surface area contributed by atoms with Crippen molar-refractivity contribution in [2.24, 2.45) is 5.73 Å². The van der Waals surface area contributed by atoms with Crippen LogP contribution in [0.3, 0.4) is 0 Å². The third-order valence-electron chi connectivity index (χ3n) is 3.98. The molecule has 1 unspecified atom stereocenters. The minimum atomic E-state index is -0.328. The molecule has 110 valence electrons. The highest BCUT2D eigenvalue weighted by Gasteiger charge is 2.24. The fourth-order valence-electron chi connectivity index (χ4n) is 2.42. The first-order valence-electron chi connectivity index (χ1n) is 7.02. The molecule has 1 aliphatic heterocycles. The van der Waals surface area contributed by atoms with Crippen molar-refractivity contribution in [2.75, 3.05) is 32.7 Å². The Morgan fingerprint density at radius 2 is 2.00 bits per heavy atom. The van der Waals surface area contributed by atoms with Crippen LogP contribution in [-0.2, 0) is 0 Å². The molecule has 2 N–H and O–H groups in total. The number of piperazine rings is 1. The lowest BCUT2D eigenvalue weighted by atomic mass is 10.1. The van der Waals surface area contributed by atoms with E-state index >= 15 is 0 Å². The van der Waals surface area contributed by atoms with E-state index in [2.05, 4.69) is 11.8 Å². The number of aryl methyl sites for hydroxylation is 1. The summed E-state index contributed by atoms with van der Waals surface area (Å²) in [6.07, 6.45) is 0. The molecule has 1 fully saturated rings. The zero-order chi connectivity index (χ0) is 14.7. The first-order valence-corrected chi connectivity index (χ1v) is 7.02. The number of rotatable bonds is 3. The van der Waals surface area contributed by atoms with E-state index in [0.717, 1.165) is 13.1 Å². The second kappa shape index (κ2) is 6.33. The zero-order valence-corrected chi connectivity index (χ0v) is 12.1. The number of nitrogens with two attached hydrogens (primary N) is 1. The van der Waals surface area contributed by atoms with Gasteiger partial charge in [-0.15, -0.1) is 0 Å². The van der Waals surface area contributed by atoms with E-state index in [0.29, 0.717) is 36.8 Å². The Morgan fingerprint density at radius 3 is 2.55 bits per heavy atom. The van der Waals surface area contributed by atoms with E-state index in [1.54, 1.807) is 24.0 Å². The molecule has 0 aliphatic carbocycles. The third kappa shape index (κ3) is 3.16. The predicted octanol–water partition coefficient (Wildman–Crippen LogP) is 1.24. The van der Waals surface area contributed by atoms with Gasteiger partial charge in [0.2, 0.25) is 0 Å². The highest BCUT2D eigenvalue weighted by atomic mass is 19.1. The van der Waals surface area contributed by atoms with Gasteiger partial charge in [0.05, 0.1) is 0 Å². The Morgan fingerprint density at radius 1 is 1.35 bits per heavy atom. The molecule has 1 saturated heterocycles. The summed E-state index contributed by atoms with van der Waals surface area (Å²) in [5, 5.41) is 0. The van der Waals surface area contributed by atoms with Crippen LogP contribution in [0.25, 0.3) is 0 Å². The SMILES string of the molecule is Cc1ccc(C(=O)N2CCN(C(C)CN)CC2)cc1F. The molecule has 1 amide bonds. The lowest BCUT2D eigenvalue weighted by Crippen LogP contribution is -2.52. The van der Waals surface area contributed by atoms with Crippen molar-refractivity contribution in [1.29, 1.82) is 0 Å². The van der Waals surface area contributed by atoms with Gasteiger partial charge in [-0.25, -0.2) is 4.39 Å². The number of amides is 1. The van der Waals surface area contributed by atoms with Crippen molar-refractivity contribution in [3.8, 4) is 0 Å². The maximum absolute atomic E-state index is 13.5. The maximum Gasteiger partial charge on any atom is 0.254 e. The molecule has 1 heterocycles. The molecule has 1 aromatic carbocycles. The van der Waals surface area contributed by atoms with E-state index in [9.17, 15) is 9.18 Å². The molecule has 2 rings (SSSR count). The second-order valence-corrected chi connectivity index (χ2v) is 5.38. The van der Waals surface area contributed by atoms with Gasteiger partial charge in [0.25, 0.3) is 5.91 Å². The summed E-state index contributed by atoms with van der Waals surface area (Å²) in [4.78, 5) is 16.4. The Kier molecular flexibility index (Phi) is 4.73. The Bertz CT molecular complexity index is 484. The van der Waals surface area contributed by atoms with Gasteiger partial charge in [0, 0.05) is 44.3 Å². The van der Waals surface area contributed by atoms with Crippen LogP contribution in [0, 0.1) is 12.7 Å². The average Bonchev–Trinajstić information content (AvgIpc) is 2.48. The molecule has 0 saturated carbocycles. The van der Waals surface area contributed by atoms with Crippen molar-refractivity contribution < 1.29 is 9.18 Å². The van der Waals surface area contributed by atoms with Crippen LogP contribution < -0.4 is 5.73 Å². The molecule has 0 bridgehead atoms. The first kappa shape index (κ1) is 14.9. The standard InChI is InChI=1S/C15H22FN3O/c1-11-3-4-13(9-14(11)16)15(20)19-7-5-18(6-8-19)12(2)10-17/h3-4,9,12H,5-8,10,17H2,1-2H3. The van der Waals surface area contributed by atoms with Gasteiger partial charge in [0.1, 0.15) is 5.82 Å². The smallest absolute Gasteiger partial charge is 0.254 e. The van der Waals surface area contributed by atoms with Crippen LogP contribution in [0.5, 0.6) is 0 Å². The topological polar surface area (TPSA) is 49.6 Å². The normalized spacial score (nSPS) is 18.1. The molecule has 5 heteroatoms. The largest absolute Gasteiger partial charge is 0.336 e. The van der Waals surface area contributed by atoms with Crippen molar-refractivity contribution in [1.82, 2.24) is 9.80 Å². The number of nitrogens with zero attached hydrogens (tertiary/aromatic N) is 2. The van der Waals surface area contributed by atoms with Crippen molar-refractivity contribution >= 4 is 5.91 Å². The Hall–Kier alpha value is -1.46. The van der Waals surface area contributed by atoms with Gasteiger partial charge in [-0.05, 0) is 31.5 Å². The summed E-state index contributed by atoms with van der Waals surface area (Å²) >= 11 is 0. The molecule has 0 aromatic heterocycles. The Labute approximate surface area is 119 Å². The summed E-state index contributed by atoms with van der Waals surface area (Å²) in [6, 6.07) is 5.00. The predicted molar refractivity (Wildman–Crippen MR) is 77.1 cm³/mol. The molecule has 4 nitrogen and oxygen atoms in total. The zero-order valence-electron chi connectivity index (χ0n) is 12.1. The fourth-order valence-corrected chi connectivity index (χ4v) is 2.42. The van der Waals surface area contributed by atoms with Gasteiger partial charge >= 0.3 is 0 Å². The number of hydrogen-bond acceptors (Lipinski definition) is 3. The molecule has 1 atom stereocenters. The summed E-state index contributed by atoms with van der Waals surface area (Å²) < 4.78 is 13.5. The summed E-state index contributed by atoms with van der Waals surface area (Å²) in [6.45, 7) is 7.37. The molecular weight excluding hydrogens is 257 g/mol. The highest BCUT2D eigenvalue weighted by Crippen LogP contribution is 2.14. The van der Waals surface area contributed by atoms with Crippen molar-refractivity contribution in [3.63, 3.8) is 0 Å². The summed E-state index contributed by atoms with van der Waals surface area (Å²) in [5.41, 5.74) is 6.64.